The van der Waals surface area contributed by atoms with Crippen molar-refractivity contribution in [3.05, 3.63) is 59.8 Å². The van der Waals surface area contributed by atoms with Gasteiger partial charge in [-0.3, -0.25) is 4.79 Å². The van der Waals surface area contributed by atoms with Gasteiger partial charge in [-0.2, -0.15) is 10.3 Å². The van der Waals surface area contributed by atoms with E-state index >= 15 is 0 Å². The number of tetrazole rings is 1. The minimum absolute atomic E-state index is 0.0439. The summed E-state index contributed by atoms with van der Waals surface area (Å²) in [6.07, 6.45) is 0. The van der Waals surface area contributed by atoms with Crippen molar-refractivity contribution in [3.8, 4) is 28.3 Å². The van der Waals surface area contributed by atoms with E-state index in [9.17, 15) is 4.79 Å². The van der Waals surface area contributed by atoms with E-state index in [-0.39, 0.29) is 5.91 Å². The Kier molecular flexibility index (Phi) is 4.73. The van der Waals surface area contributed by atoms with Gasteiger partial charge in [-0.25, -0.2) is 4.68 Å². The van der Waals surface area contributed by atoms with Crippen LogP contribution in [0.2, 0.25) is 0 Å². The predicted molar refractivity (Wildman–Crippen MR) is 118 cm³/mol. The maximum Gasteiger partial charge on any atom is 0.274 e. The number of nitrogens with one attached hydrogen (secondary N) is 1. The van der Waals surface area contributed by atoms with E-state index in [1.165, 1.54) is 4.90 Å². The Morgan fingerprint density at radius 2 is 1.97 bits per heavy atom. The van der Waals surface area contributed by atoms with Crippen molar-refractivity contribution in [2.75, 3.05) is 26.3 Å². The Bertz CT molecular complexity index is 1300. The molecule has 6 rings (SSSR count). The zero-order valence-corrected chi connectivity index (χ0v) is 17.9. The summed E-state index contributed by atoms with van der Waals surface area (Å²) in [5, 5.41) is 19.2. The number of aromatic amines is 1. The van der Waals surface area contributed by atoms with Crippen LogP contribution in [0.25, 0.3) is 28.3 Å². The first kappa shape index (κ1) is 19.2. The second kappa shape index (κ2) is 7.88. The number of benzene rings is 2. The number of carbonyl (C=O) groups excluding carboxylic acids is 1. The van der Waals surface area contributed by atoms with Crippen LogP contribution in [-0.4, -0.2) is 67.5 Å². The molecular weight excluding hydrogens is 426 g/mol. The highest BCUT2D eigenvalue weighted by Crippen LogP contribution is 2.44. The van der Waals surface area contributed by atoms with Gasteiger partial charge in [0.2, 0.25) is 5.82 Å². The van der Waals surface area contributed by atoms with E-state index in [2.05, 4.69) is 32.8 Å². The number of nitrogens with zero attached hydrogens (tertiary/aromatic N) is 6. The third kappa shape index (κ3) is 3.19. The zero-order chi connectivity index (χ0) is 21.5. The summed E-state index contributed by atoms with van der Waals surface area (Å²) in [4.78, 5) is 16.4. The van der Waals surface area contributed by atoms with E-state index in [0.29, 0.717) is 43.6 Å². The van der Waals surface area contributed by atoms with Gasteiger partial charge in [-0.15, -0.1) is 22.0 Å². The standard InChI is InChI=1S/C22H19N7O2S/c30-22(28-8-10-31-11-9-28)19-17-13-32-18-7-2-1-6-16(18)20(17)29(25-19)15-5-3-4-14(12-15)21-23-26-27-24-21/h1-7,12H,8-11,13H2,(H,23,24,26,27). The average molecular weight is 446 g/mol. The first-order chi connectivity index (χ1) is 15.8. The SMILES string of the molecule is O=C(c1nn(-c2cccc(-c3nn[nH]n3)c2)c2c1CSc1ccccc1-2)N1CCOCC1. The molecule has 2 aromatic carbocycles. The van der Waals surface area contributed by atoms with Crippen LogP contribution in [0.3, 0.4) is 0 Å². The van der Waals surface area contributed by atoms with E-state index in [1.807, 2.05) is 46.0 Å². The molecule has 0 spiro atoms. The maximum atomic E-state index is 13.4. The molecule has 0 atom stereocenters. The minimum atomic E-state index is -0.0439. The number of carbonyl (C=O) groups is 1. The van der Waals surface area contributed by atoms with Crippen LogP contribution in [0.1, 0.15) is 16.1 Å². The number of aromatic nitrogens is 6. The fourth-order valence-corrected chi connectivity index (χ4v) is 5.21. The number of H-pyrrole nitrogens is 1. The van der Waals surface area contributed by atoms with Crippen molar-refractivity contribution in [2.24, 2.45) is 0 Å². The predicted octanol–water partition coefficient (Wildman–Crippen LogP) is 2.80. The first-order valence-corrected chi connectivity index (χ1v) is 11.3. The molecule has 4 aromatic rings. The van der Waals surface area contributed by atoms with Crippen LogP contribution in [0.5, 0.6) is 0 Å². The molecule has 0 unspecified atom stereocenters. The van der Waals surface area contributed by atoms with E-state index in [4.69, 9.17) is 9.84 Å². The van der Waals surface area contributed by atoms with Gasteiger partial charge in [0, 0.05) is 40.4 Å². The summed E-state index contributed by atoms with van der Waals surface area (Å²) >= 11 is 1.74. The van der Waals surface area contributed by atoms with Crippen LogP contribution < -0.4 is 0 Å². The Morgan fingerprint density at radius 1 is 1.09 bits per heavy atom. The van der Waals surface area contributed by atoms with Crippen molar-refractivity contribution >= 4 is 17.7 Å². The van der Waals surface area contributed by atoms with Crippen molar-refractivity contribution < 1.29 is 9.53 Å². The summed E-state index contributed by atoms with van der Waals surface area (Å²) in [5.41, 5.74) is 5.17. The van der Waals surface area contributed by atoms with Gasteiger partial charge >= 0.3 is 0 Å². The molecule has 1 fully saturated rings. The second-order valence-electron chi connectivity index (χ2n) is 7.56. The largest absolute Gasteiger partial charge is 0.378 e. The summed E-state index contributed by atoms with van der Waals surface area (Å²) in [5.74, 6) is 1.16. The number of hydrogen-bond acceptors (Lipinski definition) is 7. The lowest BCUT2D eigenvalue weighted by molar-refractivity contribution is 0.0298. The van der Waals surface area contributed by atoms with E-state index < -0.39 is 0 Å². The molecule has 4 heterocycles. The Hall–Kier alpha value is -3.50. The monoisotopic (exact) mass is 445 g/mol. The molecule has 32 heavy (non-hydrogen) atoms. The highest BCUT2D eigenvalue weighted by molar-refractivity contribution is 7.98. The van der Waals surface area contributed by atoms with Crippen LogP contribution >= 0.6 is 11.8 Å². The van der Waals surface area contributed by atoms with Crippen molar-refractivity contribution in [2.45, 2.75) is 10.6 Å². The highest BCUT2D eigenvalue weighted by Gasteiger charge is 2.31. The Morgan fingerprint density at radius 3 is 2.81 bits per heavy atom. The third-order valence-electron chi connectivity index (χ3n) is 5.69. The molecule has 0 radical (unpaired) electrons. The molecule has 1 N–H and O–H groups in total. The number of amides is 1. The van der Waals surface area contributed by atoms with Gasteiger partial charge in [0.15, 0.2) is 5.69 Å². The second-order valence-corrected chi connectivity index (χ2v) is 8.58. The topological polar surface area (TPSA) is 102 Å². The third-order valence-corrected chi connectivity index (χ3v) is 6.79. The van der Waals surface area contributed by atoms with Crippen LogP contribution in [0, 0.1) is 0 Å². The summed E-state index contributed by atoms with van der Waals surface area (Å²) in [6.45, 7) is 2.27. The van der Waals surface area contributed by atoms with Gasteiger partial charge in [0.1, 0.15) is 0 Å². The summed E-state index contributed by atoms with van der Waals surface area (Å²) in [7, 11) is 0. The molecule has 2 aliphatic heterocycles. The van der Waals surface area contributed by atoms with Crippen molar-refractivity contribution in [3.63, 3.8) is 0 Å². The van der Waals surface area contributed by atoms with Gasteiger partial charge in [0.05, 0.1) is 24.6 Å². The molecule has 0 saturated carbocycles. The molecule has 1 amide bonds. The molecule has 2 aliphatic rings. The van der Waals surface area contributed by atoms with E-state index in [1.54, 1.807) is 11.8 Å². The van der Waals surface area contributed by atoms with Gasteiger partial charge in [0.25, 0.3) is 5.91 Å². The first-order valence-electron chi connectivity index (χ1n) is 10.3. The molecule has 1 saturated heterocycles. The molecule has 10 heteroatoms. The lowest BCUT2D eigenvalue weighted by Gasteiger charge is -2.26. The smallest absolute Gasteiger partial charge is 0.274 e. The fraction of sp³-hybridized carbons (Fsp3) is 0.227. The molecule has 0 aliphatic carbocycles. The lowest BCUT2D eigenvalue weighted by atomic mass is 10.0. The molecule has 160 valence electrons. The highest BCUT2D eigenvalue weighted by atomic mass is 32.2. The molecular formula is C22H19N7O2S. The molecule has 0 bridgehead atoms. The lowest BCUT2D eigenvalue weighted by Crippen LogP contribution is -2.41. The maximum absolute atomic E-state index is 13.4. The number of ether oxygens (including phenoxy) is 1. The van der Waals surface area contributed by atoms with Gasteiger partial charge in [-0.1, -0.05) is 30.3 Å². The van der Waals surface area contributed by atoms with Gasteiger partial charge in [-0.05, 0) is 23.4 Å². The number of hydrogen-bond donors (Lipinski definition) is 1. The van der Waals surface area contributed by atoms with Crippen LogP contribution in [0.15, 0.2) is 53.4 Å². The fourth-order valence-electron chi connectivity index (χ4n) is 4.14. The Labute approximate surface area is 187 Å². The van der Waals surface area contributed by atoms with Crippen LogP contribution in [0.4, 0.5) is 0 Å². The number of morpholine rings is 1. The van der Waals surface area contributed by atoms with E-state index in [0.717, 1.165) is 28.1 Å². The van der Waals surface area contributed by atoms with Crippen molar-refractivity contribution in [1.82, 2.24) is 35.3 Å². The minimum Gasteiger partial charge on any atom is -0.378 e. The summed E-state index contributed by atoms with van der Waals surface area (Å²) < 4.78 is 7.30. The Balaban J connectivity index is 1.52. The molecule has 9 nitrogen and oxygen atoms in total. The van der Waals surface area contributed by atoms with Crippen LogP contribution in [-0.2, 0) is 10.5 Å². The zero-order valence-electron chi connectivity index (χ0n) is 17.1. The quantitative estimate of drug-likeness (QED) is 0.517. The normalized spacial score (nSPS) is 15.3. The summed E-state index contributed by atoms with van der Waals surface area (Å²) in [6, 6.07) is 16.1. The number of thioether (sulfide) groups is 1. The van der Waals surface area contributed by atoms with Crippen molar-refractivity contribution in [1.29, 1.82) is 0 Å². The van der Waals surface area contributed by atoms with Gasteiger partial charge < -0.3 is 9.64 Å². The molecule has 2 aromatic heterocycles. The number of rotatable bonds is 3. The average Bonchev–Trinajstić information content (AvgIpc) is 3.53. The number of fused-ring (bicyclic) bond motifs is 3.